The molecule has 10 nitrogen and oxygen atoms in total. The van der Waals surface area contributed by atoms with E-state index in [1.54, 1.807) is 18.2 Å². The highest BCUT2D eigenvalue weighted by atomic mass is 32.2. The van der Waals surface area contributed by atoms with Crippen LogP contribution in [0.5, 0.6) is 5.75 Å². The highest BCUT2D eigenvalue weighted by Gasteiger charge is 2.19. The van der Waals surface area contributed by atoms with Gasteiger partial charge in [-0.25, -0.2) is 16.8 Å². The molecule has 0 saturated heterocycles. The van der Waals surface area contributed by atoms with Gasteiger partial charge in [0, 0.05) is 29.9 Å². The van der Waals surface area contributed by atoms with Gasteiger partial charge in [-0.05, 0) is 74.0 Å². The maximum absolute atomic E-state index is 12.9. The van der Waals surface area contributed by atoms with Gasteiger partial charge in [0.15, 0.2) is 0 Å². The van der Waals surface area contributed by atoms with Crippen molar-refractivity contribution in [1.82, 2.24) is 4.72 Å². The fourth-order valence-corrected chi connectivity index (χ4v) is 5.78. The molecule has 0 bridgehead atoms. The number of hydrogen-bond donors (Lipinski definition) is 3. The predicted octanol–water partition coefficient (Wildman–Crippen LogP) is 3.61. The molecule has 1 aliphatic rings. The maximum atomic E-state index is 12.9. The minimum Gasteiger partial charge on any atom is -0.494 e. The molecule has 1 aliphatic heterocycles. The van der Waals surface area contributed by atoms with Crippen LogP contribution in [0.25, 0.3) is 0 Å². The summed E-state index contributed by atoms with van der Waals surface area (Å²) in [5, 5.41) is 2.65. The Morgan fingerprint density at radius 2 is 1.57 bits per heavy atom. The molecule has 194 valence electrons. The van der Waals surface area contributed by atoms with E-state index in [0.29, 0.717) is 31.2 Å². The van der Waals surface area contributed by atoms with Gasteiger partial charge in [0.2, 0.25) is 0 Å². The van der Waals surface area contributed by atoms with E-state index < -0.39 is 26.0 Å². The molecule has 0 saturated carbocycles. The molecule has 0 fully saturated rings. The molecule has 37 heavy (non-hydrogen) atoms. The monoisotopic (exact) mass is 542 g/mol. The second-order valence-electron chi connectivity index (χ2n) is 8.11. The summed E-state index contributed by atoms with van der Waals surface area (Å²) < 4.78 is 61.1. The molecule has 3 N–H and O–H groups in total. The Labute approximate surface area is 215 Å². The second kappa shape index (κ2) is 11.0. The Morgan fingerprint density at radius 3 is 2.27 bits per heavy atom. The van der Waals surface area contributed by atoms with Crippen LogP contribution >= 0.6 is 0 Å². The molecule has 0 radical (unpaired) electrons. The van der Waals surface area contributed by atoms with E-state index in [4.69, 9.17) is 4.74 Å². The minimum atomic E-state index is -3.90. The summed E-state index contributed by atoms with van der Waals surface area (Å²) in [5.41, 5.74) is 0.639. The van der Waals surface area contributed by atoms with Gasteiger partial charge in [0.1, 0.15) is 11.6 Å². The van der Waals surface area contributed by atoms with Gasteiger partial charge in [-0.1, -0.05) is 12.1 Å². The summed E-state index contributed by atoms with van der Waals surface area (Å²) >= 11 is 0. The van der Waals surface area contributed by atoms with Crippen molar-refractivity contribution in [3.05, 3.63) is 78.4 Å². The third kappa shape index (κ3) is 6.66. The van der Waals surface area contributed by atoms with Crippen molar-refractivity contribution < 1.29 is 26.4 Å². The highest BCUT2D eigenvalue weighted by Crippen LogP contribution is 2.21. The number of amides is 1. The molecule has 12 heteroatoms. The number of aliphatic imine (C=N–C) groups is 1. The van der Waals surface area contributed by atoms with Crippen LogP contribution in [0.15, 0.2) is 87.6 Å². The Kier molecular flexibility index (Phi) is 7.79. The summed E-state index contributed by atoms with van der Waals surface area (Å²) in [6, 6.07) is 17.8. The Hall–Kier alpha value is -3.90. The van der Waals surface area contributed by atoms with E-state index in [9.17, 15) is 21.6 Å². The van der Waals surface area contributed by atoms with Crippen LogP contribution in [0.4, 0.5) is 11.4 Å². The van der Waals surface area contributed by atoms with Crippen molar-refractivity contribution in [1.29, 1.82) is 0 Å². The molecule has 1 heterocycles. The molecule has 0 atom stereocenters. The summed E-state index contributed by atoms with van der Waals surface area (Å²) in [4.78, 5) is 17.0. The summed E-state index contributed by atoms with van der Waals surface area (Å²) in [6.07, 6.45) is 1.36. The van der Waals surface area contributed by atoms with Gasteiger partial charge >= 0.3 is 0 Å². The van der Waals surface area contributed by atoms with Crippen molar-refractivity contribution in [3.8, 4) is 5.75 Å². The van der Waals surface area contributed by atoms with E-state index in [2.05, 4.69) is 19.8 Å². The van der Waals surface area contributed by atoms with E-state index in [1.165, 1.54) is 54.6 Å². The van der Waals surface area contributed by atoms with Gasteiger partial charge < -0.3 is 10.1 Å². The van der Waals surface area contributed by atoms with Gasteiger partial charge in [0.05, 0.1) is 16.4 Å². The summed E-state index contributed by atoms with van der Waals surface area (Å²) in [7, 11) is -7.74. The fraction of sp³-hybridized carbons (Fsp3) is 0.200. The number of carbonyl (C=O) groups excluding carboxylic acids is 1. The number of nitrogens with one attached hydrogen (secondary N) is 3. The molecular formula is C25H26N4O6S2. The summed E-state index contributed by atoms with van der Waals surface area (Å²) in [5.74, 6) is 0.434. The molecule has 0 aromatic heterocycles. The van der Waals surface area contributed by atoms with Crippen LogP contribution in [0.2, 0.25) is 0 Å². The first-order chi connectivity index (χ1) is 17.7. The molecule has 0 spiro atoms. The Balaban J connectivity index is 1.46. The zero-order chi connectivity index (χ0) is 26.5. The zero-order valence-corrected chi connectivity index (χ0v) is 21.6. The van der Waals surface area contributed by atoms with Crippen molar-refractivity contribution >= 4 is 43.2 Å². The number of rotatable bonds is 9. The smallest absolute Gasteiger partial charge is 0.262 e. The second-order valence-corrected chi connectivity index (χ2v) is 11.5. The lowest BCUT2D eigenvalue weighted by Crippen LogP contribution is -2.29. The predicted molar refractivity (Wildman–Crippen MR) is 141 cm³/mol. The van der Waals surface area contributed by atoms with Crippen LogP contribution in [0.3, 0.4) is 0 Å². The first-order valence-corrected chi connectivity index (χ1v) is 14.5. The average molecular weight is 543 g/mol. The van der Waals surface area contributed by atoms with E-state index >= 15 is 0 Å². The largest absolute Gasteiger partial charge is 0.494 e. The molecule has 0 unspecified atom stereocenters. The van der Waals surface area contributed by atoms with Gasteiger partial charge in [0.25, 0.3) is 26.0 Å². The first-order valence-electron chi connectivity index (χ1n) is 11.5. The lowest BCUT2D eigenvalue weighted by Gasteiger charge is -2.12. The zero-order valence-electron chi connectivity index (χ0n) is 20.0. The van der Waals surface area contributed by atoms with Crippen LogP contribution in [-0.2, 0) is 20.0 Å². The van der Waals surface area contributed by atoms with Gasteiger partial charge in [-0.2, -0.15) is 0 Å². The molecule has 0 aliphatic carbocycles. The molecule has 1 amide bonds. The van der Waals surface area contributed by atoms with Crippen LogP contribution in [0, 0.1) is 0 Å². The number of amidine groups is 1. The summed E-state index contributed by atoms with van der Waals surface area (Å²) in [6.45, 7) is 2.88. The molecule has 4 rings (SSSR count). The van der Waals surface area contributed by atoms with Crippen LogP contribution in [0.1, 0.15) is 30.1 Å². The quantitative estimate of drug-likeness (QED) is 0.377. The number of sulfonamides is 2. The lowest BCUT2D eigenvalue weighted by molar-refractivity contribution is 0.102. The maximum Gasteiger partial charge on any atom is 0.262 e. The SMILES string of the molecule is CCOc1ccc(S(=O)(=O)Nc2cccc(C(=O)Nc3cccc(S(=O)(=O)NC4=NCCC4)c3)c2)cc1. The average Bonchev–Trinajstić information content (AvgIpc) is 3.37. The van der Waals surface area contributed by atoms with E-state index in [0.717, 1.165) is 6.42 Å². The number of nitrogens with zero attached hydrogens (tertiary/aromatic N) is 1. The van der Waals surface area contributed by atoms with Crippen molar-refractivity contribution in [2.75, 3.05) is 23.2 Å². The normalized spacial score (nSPS) is 13.5. The first kappa shape index (κ1) is 26.2. The van der Waals surface area contributed by atoms with Gasteiger partial charge in [-0.3, -0.25) is 19.2 Å². The highest BCUT2D eigenvalue weighted by molar-refractivity contribution is 7.92. The number of benzene rings is 3. The fourth-order valence-electron chi connectivity index (χ4n) is 3.60. The number of ether oxygens (including phenoxy) is 1. The number of hydrogen-bond acceptors (Lipinski definition) is 7. The molecular weight excluding hydrogens is 516 g/mol. The topological polar surface area (TPSA) is 143 Å². The van der Waals surface area contributed by atoms with Crippen LogP contribution in [-0.4, -0.2) is 41.7 Å². The van der Waals surface area contributed by atoms with E-state index in [-0.39, 0.29) is 26.7 Å². The third-order valence-electron chi connectivity index (χ3n) is 5.35. The van der Waals surface area contributed by atoms with E-state index in [1.807, 2.05) is 6.92 Å². The van der Waals surface area contributed by atoms with Crippen molar-refractivity contribution in [2.45, 2.75) is 29.6 Å². The Morgan fingerprint density at radius 1 is 0.865 bits per heavy atom. The minimum absolute atomic E-state index is 0.0169. The Bertz CT molecular complexity index is 1540. The van der Waals surface area contributed by atoms with Crippen LogP contribution < -0.4 is 19.5 Å². The number of carbonyl (C=O) groups is 1. The van der Waals surface area contributed by atoms with Crippen molar-refractivity contribution in [3.63, 3.8) is 0 Å². The molecule has 3 aromatic rings. The standard InChI is InChI=1S/C25H26N4O6S2/c1-2-35-21-11-13-22(14-12-21)36(31,32)28-20-8-3-6-18(16-20)25(30)27-19-7-4-9-23(17-19)37(33,34)29-24-10-5-15-26-24/h3-4,6-9,11-14,16-17,28H,2,5,10,15H2,1H3,(H,26,29)(H,27,30). The number of anilines is 2. The van der Waals surface area contributed by atoms with Crippen molar-refractivity contribution in [2.24, 2.45) is 4.99 Å². The lowest BCUT2D eigenvalue weighted by atomic mass is 10.2. The third-order valence-corrected chi connectivity index (χ3v) is 8.13. The van der Waals surface area contributed by atoms with Gasteiger partial charge in [-0.15, -0.1) is 0 Å². The molecule has 3 aromatic carbocycles.